The van der Waals surface area contributed by atoms with Crippen LogP contribution in [0.2, 0.25) is 0 Å². The van der Waals surface area contributed by atoms with E-state index >= 15 is 0 Å². The van der Waals surface area contributed by atoms with Crippen LogP contribution in [0.5, 0.6) is 5.75 Å². The number of nitrogens with two attached hydrogens (primary N) is 1. The summed E-state index contributed by atoms with van der Waals surface area (Å²) in [6.45, 7) is 3.38. The highest BCUT2D eigenvalue weighted by atomic mass is 19.1. The highest BCUT2D eigenvalue weighted by molar-refractivity contribution is 6.02. The van der Waals surface area contributed by atoms with Crippen molar-refractivity contribution in [3.05, 3.63) is 79.2 Å². The first-order chi connectivity index (χ1) is 13.9. The van der Waals surface area contributed by atoms with Crippen molar-refractivity contribution in [3.63, 3.8) is 0 Å². The number of anilines is 1. The number of aromatic nitrogens is 2. The predicted molar refractivity (Wildman–Crippen MR) is 110 cm³/mol. The Hall–Kier alpha value is -4.14. The average molecular weight is 394 g/mol. The van der Waals surface area contributed by atoms with Crippen LogP contribution in [0.25, 0.3) is 0 Å². The van der Waals surface area contributed by atoms with Gasteiger partial charge in [-0.3, -0.25) is 4.79 Å². The number of hydrogen-bond donors (Lipinski definition) is 3. The molecule has 9 heteroatoms. The molecule has 3 aromatic rings. The van der Waals surface area contributed by atoms with E-state index in [-0.39, 0.29) is 17.6 Å². The number of benzene rings is 1. The van der Waals surface area contributed by atoms with Crippen molar-refractivity contribution in [2.45, 2.75) is 0 Å². The van der Waals surface area contributed by atoms with E-state index in [0.29, 0.717) is 17.1 Å². The molecule has 0 saturated heterocycles. The number of nitrogens with one attached hydrogen (secondary N) is 2. The summed E-state index contributed by atoms with van der Waals surface area (Å²) in [6, 6.07) is 9.09. The third-order valence-electron chi connectivity index (χ3n) is 3.70. The highest BCUT2D eigenvalue weighted by Crippen LogP contribution is 2.23. The summed E-state index contributed by atoms with van der Waals surface area (Å²) >= 11 is 0. The lowest BCUT2D eigenvalue weighted by Crippen LogP contribution is -2.18. The van der Waals surface area contributed by atoms with Crippen LogP contribution in [0.3, 0.4) is 0 Å². The van der Waals surface area contributed by atoms with Gasteiger partial charge in [-0.25, -0.2) is 9.38 Å². The minimum atomic E-state index is -0.639. The SMILES string of the molecule is C=CC(=O)Nc1ccc(F)c(O/C(=N/C(N)=Nc2ccn(C)c2)c2ccc[nH]2)c1. The fourth-order valence-corrected chi connectivity index (χ4v) is 2.37. The molecule has 4 N–H and O–H groups in total. The van der Waals surface area contributed by atoms with Crippen LogP contribution in [0.4, 0.5) is 15.8 Å². The topological polar surface area (TPSA) is 110 Å². The lowest BCUT2D eigenvalue weighted by Gasteiger charge is -2.10. The quantitative estimate of drug-likeness (QED) is 0.351. The Morgan fingerprint density at radius 1 is 1.38 bits per heavy atom. The van der Waals surface area contributed by atoms with Crippen LogP contribution in [0.15, 0.2) is 77.6 Å². The first-order valence-corrected chi connectivity index (χ1v) is 8.54. The normalized spacial score (nSPS) is 11.9. The molecule has 0 unspecified atom stereocenters. The van der Waals surface area contributed by atoms with Crippen molar-refractivity contribution in [2.24, 2.45) is 22.8 Å². The number of nitrogens with zero attached hydrogens (tertiary/aromatic N) is 3. The van der Waals surface area contributed by atoms with Gasteiger partial charge in [0.1, 0.15) is 5.69 Å². The maximum Gasteiger partial charge on any atom is 0.247 e. The molecule has 148 valence electrons. The number of guanidine groups is 1. The van der Waals surface area contributed by atoms with E-state index < -0.39 is 11.7 Å². The summed E-state index contributed by atoms with van der Waals surface area (Å²) in [4.78, 5) is 22.8. The van der Waals surface area contributed by atoms with Gasteiger partial charge < -0.3 is 25.3 Å². The minimum absolute atomic E-state index is 0.0123. The number of H-pyrrole nitrogens is 1. The maximum atomic E-state index is 14.3. The fraction of sp³-hybridized carbons (Fsp3) is 0.0500. The van der Waals surface area contributed by atoms with Gasteiger partial charge in [-0.1, -0.05) is 6.58 Å². The number of aryl methyl sites for hydroxylation is 1. The molecule has 8 nitrogen and oxygen atoms in total. The van der Waals surface area contributed by atoms with Crippen LogP contribution in [0, 0.1) is 5.82 Å². The molecule has 1 amide bonds. The lowest BCUT2D eigenvalue weighted by atomic mass is 10.3. The van der Waals surface area contributed by atoms with Crippen LogP contribution >= 0.6 is 0 Å². The monoisotopic (exact) mass is 394 g/mol. The van der Waals surface area contributed by atoms with Crippen molar-refractivity contribution in [1.82, 2.24) is 9.55 Å². The number of aromatic amines is 1. The molecular formula is C20H19FN6O2. The van der Waals surface area contributed by atoms with Gasteiger partial charge in [-0.15, -0.1) is 0 Å². The molecule has 0 atom stereocenters. The van der Waals surface area contributed by atoms with E-state index in [1.54, 1.807) is 30.6 Å². The number of rotatable bonds is 5. The van der Waals surface area contributed by atoms with E-state index in [1.807, 2.05) is 17.8 Å². The minimum Gasteiger partial charge on any atom is -0.434 e. The van der Waals surface area contributed by atoms with E-state index in [9.17, 15) is 9.18 Å². The first kappa shape index (κ1) is 19.6. The van der Waals surface area contributed by atoms with Crippen molar-refractivity contribution >= 4 is 29.1 Å². The Bertz CT molecular complexity index is 1080. The number of aliphatic imine (C=N–C) groups is 2. The number of hydrogen-bond acceptors (Lipinski definition) is 3. The molecule has 0 fully saturated rings. The van der Waals surface area contributed by atoms with Gasteiger partial charge in [0.15, 0.2) is 11.6 Å². The van der Waals surface area contributed by atoms with Gasteiger partial charge in [0.05, 0.1) is 5.69 Å². The lowest BCUT2D eigenvalue weighted by molar-refractivity contribution is -0.111. The molecule has 0 bridgehead atoms. The number of carbonyl (C=O) groups is 1. The average Bonchev–Trinajstić information content (AvgIpc) is 3.35. The molecule has 0 spiro atoms. The van der Waals surface area contributed by atoms with E-state index in [4.69, 9.17) is 10.5 Å². The van der Waals surface area contributed by atoms with Crippen molar-refractivity contribution in [3.8, 4) is 5.75 Å². The summed E-state index contributed by atoms with van der Waals surface area (Å²) in [7, 11) is 1.85. The summed E-state index contributed by atoms with van der Waals surface area (Å²) in [6.07, 6.45) is 6.35. The van der Waals surface area contributed by atoms with E-state index in [0.717, 1.165) is 6.08 Å². The summed E-state index contributed by atoms with van der Waals surface area (Å²) in [5.41, 5.74) is 7.34. The third-order valence-corrected chi connectivity index (χ3v) is 3.70. The predicted octanol–water partition coefficient (Wildman–Crippen LogP) is 3.09. The molecule has 2 heterocycles. The largest absolute Gasteiger partial charge is 0.434 e. The van der Waals surface area contributed by atoms with Crippen LogP contribution < -0.4 is 15.8 Å². The Labute approximate surface area is 166 Å². The van der Waals surface area contributed by atoms with Gasteiger partial charge in [0, 0.05) is 37.4 Å². The molecule has 0 aliphatic rings. The number of halogens is 1. The maximum absolute atomic E-state index is 14.3. The molecule has 2 aromatic heterocycles. The zero-order valence-corrected chi connectivity index (χ0v) is 15.6. The van der Waals surface area contributed by atoms with Gasteiger partial charge >= 0.3 is 0 Å². The van der Waals surface area contributed by atoms with E-state index in [2.05, 4.69) is 26.9 Å². The van der Waals surface area contributed by atoms with Crippen molar-refractivity contribution < 1.29 is 13.9 Å². The number of amides is 1. The zero-order chi connectivity index (χ0) is 20.8. The van der Waals surface area contributed by atoms with E-state index in [1.165, 1.54) is 18.2 Å². The number of carbonyl (C=O) groups excluding carboxylic acids is 1. The molecule has 0 radical (unpaired) electrons. The fourth-order valence-electron chi connectivity index (χ4n) is 2.37. The second-order valence-corrected chi connectivity index (χ2v) is 5.95. The second kappa shape index (κ2) is 8.70. The third kappa shape index (κ3) is 5.19. The van der Waals surface area contributed by atoms with Crippen molar-refractivity contribution in [2.75, 3.05) is 5.32 Å². The smallest absolute Gasteiger partial charge is 0.247 e. The Balaban J connectivity index is 1.93. The van der Waals surface area contributed by atoms with Crippen molar-refractivity contribution in [1.29, 1.82) is 0 Å². The van der Waals surface area contributed by atoms with Crippen LogP contribution in [-0.2, 0) is 11.8 Å². The summed E-state index contributed by atoms with van der Waals surface area (Å²) < 4.78 is 21.8. The van der Waals surface area contributed by atoms with Crippen LogP contribution in [0.1, 0.15) is 5.69 Å². The Morgan fingerprint density at radius 2 is 2.21 bits per heavy atom. The van der Waals surface area contributed by atoms with Gasteiger partial charge in [-0.2, -0.15) is 4.99 Å². The highest BCUT2D eigenvalue weighted by Gasteiger charge is 2.13. The zero-order valence-electron chi connectivity index (χ0n) is 15.6. The molecule has 1 aromatic carbocycles. The van der Waals surface area contributed by atoms with Gasteiger partial charge in [0.25, 0.3) is 0 Å². The molecular weight excluding hydrogens is 375 g/mol. The van der Waals surface area contributed by atoms with Gasteiger partial charge in [-0.05, 0) is 36.4 Å². The summed E-state index contributed by atoms with van der Waals surface area (Å²) in [5.74, 6) is -1.28. The summed E-state index contributed by atoms with van der Waals surface area (Å²) in [5, 5.41) is 2.54. The Morgan fingerprint density at radius 3 is 2.86 bits per heavy atom. The molecule has 0 aliphatic carbocycles. The molecule has 0 aliphatic heterocycles. The Kier molecular flexibility index (Phi) is 5.88. The van der Waals surface area contributed by atoms with Crippen LogP contribution in [-0.4, -0.2) is 27.3 Å². The first-order valence-electron chi connectivity index (χ1n) is 8.54. The second-order valence-electron chi connectivity index (χ2n) is 5.95. The number of ether oxygens (including phenoxy) is 1. The standard InChI is InChI=1S/C20H19FN6O2/c1-3-18(28)24-13-6-7-15(21)17(11-13)29-19(16-5-4-9-23-16)26-20(22)25-14-8-10-27(2)12-14/h3-12,23H,1H2,2H3,(H2,22,25)(H,24,28)/b26-19+. The molecule has 3 rings (SSSR count). The molecule has 29 heavy (non-hydrogen) atoms. The molecule has 0 saturated carbocycles. The van der Waals surface area contributed by atoms with Gasteiger partial charge in [0.2, 0.25) is 17.8 Å².